The molecule has 0 aliphatic heterocycles. The van der Waals surface area contributed by atoms with Crippen LogP contribution in [0.15, 0.2) is 18.2 Å². The first kappa shape index (κ1) is 14.6. The van der Waals surface area contributed by atoms with Crippen molar-refractivity contribution in [2.45, 2.75) is 65.3 Å². The summed E-state index contributed by atoms with van der Waals surface area (Å²) in [5.74, 6) is 0.779. The van der Waals surface area contributed by atoms with Gasteiger partial charge in [-0.15, -0.1) is 0 Å². The monoisotopic (exact) mass is 259 g/mol. The molecular formula is C18H29N. The molecule has 1 saturated carbocycles. The van der Waals surface area contributed by atoms with Crippen molar-refractivity contribution in [3.8, 4) is 0 Å². The Morgan fingerprint density at radius 2 is 2.00 bits per heavy atom. The average molecular weight is 259 g/mol. The van der Waals surface area contributed by atoms with E-state index < -0.39 is 0 Å². The van der Waals surface area contributed by atoms with Crippen molar-refractivity contribution < 1.29 is 0 Å². The predicted octanol–water partition coefficient (Wildman–Crippen LogP) is 4.36. The summed E-state index contributed by atoms with van der Waals surface area (Å²) in [6.45, 7) is 12.5. The van der Waals surface area contributed by atoms with Gasteiger partial charge in [-0.2, -0.15) is 0 Å². The highest BCUT2D eigenvalue weighted by molar-refractivity contribution is 5.36. The number of benzene rings is 1. The minimum absolute atomic E-state index is 0.350. The molecule has 1 fully saturated rings. The second-order valence-electron chi connectivity index (χ2n) is 6.78. The highest BCUT2D eigenvalue weighted by Crippen LogP contribution is 2.45. The molecule has 1 nitrogen and oxygen atoms in total. The maximum Gasteiger partial charge on any atom is 0.0103 e. The Morgan fingerprint density at radius 1 is 1.26 bits per heavy atom. The molecule has 2 unspecified atom stereocenters. The van der Waals surface area contributed by atoms with E-state index >= 15 is 0 Å². The first-order valence-electron chi connectivity index (χ1n) is 7.77. The SMILES string of the molecule is Cc1ccc(C2(CNC(C)C)CCCC2C)cc1C. The fourth-order valence-corrected chi connectivity index (χ4v) is 3.48. The van der Waals surface area contributed by atoms with Crippen molar-refractivity contribution in [2.24, 2.45) is 5.92 Å². The summed E-state index contributed by atoms with van der Waals surface area (Å²) < 4.78 is 0. The quantitative estimate of drug-likeness (QED) is 0.847. The predicted molar refractivity (Wildman–Crippen MR) is 83.7 cm³/mol. The van der Waals surface area contributed by atoms with Crippen molar-refractivity contribution in [3.05, 3.63) is 34.9 Å². The van der Waals surface area contributed by atoms with Crippen LogP contribution < -0.4 is 5.32 Å². The number of aryl methyl sites for hydroxylation is 2. The van der Waals surface area contributed by atoms with Crippen LogP contribution in [-0.4, -0.2) is 12.6 Å². The van der Waals surface area contributed by atoms with Gasteiger partial charge in [0.15, 0.2) is 0 Å². The van der Waals surface area contributed by atoms with Crippen LogP contribution in [0.2, 0.25) is 0 Å². The van der Waals surface area contributed by atoms with Crippen LogP contribution >= 0.6 is 0 Å². The molecule has 0 bridgehead atoms. The molecule has 2 rings (SSSR count). The van der Waals surface area contributed by atoms with Crippen molar-refractivity contribution >= 4 is 0 Å². The molecular weight excluding hydrogens is 230 g/mol. The lowest BCUT2D eigenvalue weighted by molar-refractivity contribution is 0.308. The van der Waals surface area contributed by atoms with E-state index in [2.05, 4.69) is 58.1 Å². The molecule has 1 aliphatic rings. The molecule has 1 aromatic carbocycles. The summed E-state index contributed by atoms with van der Waals surface area (Å²) in [6.07, 6.45) is 4.07. The summed E-state index contributed by atoms with van der Waals surface area (Å²) in [6, 6.07) is 7.66. The number of hydrogen-bond donors (Lipinski definition) is 1. The van der Waals surface area contributed by atoms with E-state index in [1.807, 2.05) is 0 Å². The van der Waals surface area contributed by atoms with Gasteiger partial charge in [0.2, 0.25) is 0 Å². The molecule has 0 saturated heterocycles. The van der Waals surface area contributed by atoms with E-state index in [-0.39, 0.29) is 0 Å². The highest BCUT2D eigenvalue weighted by atomic mass is 14.9. The number of hydrogen-bond acceptors (Lipinski definition) is 1. The van der Waals surface area contributed by atoms with Gasteiger partial charge in [-0.05, 0) is 49.3 Å². The number of rotatable bonds is 4. The smallest absolute Gasteiger partial charge is 0.0103 e. The molecule has 1 aromatic rings. The Labute approximate surface area is 118 Å². The largest absolute Gasteiger partial charge is 0.314 e. The molecule has 1 N–H and O–H groups in total. The molecule has 106 valence electrons. The average Bonchev–Trinajstić information content (AvgIpc) is 2.73. The topological polar surface area (TPSA) is 12.0 Å². The molecule has 0 amide bonds. The first-order chi connectivity index (χ1) is 8.95. The summed E-state index contributed by atoms with van der Waals surface area (Å²) in [5.41, 5.74) is 4.73. The molecule has 0 heterocycles. The zero-order valence-corrected chi connectivity index (χ0v) is 13.2. The van der Waals surface area contributed by atoms with Gasteiger partial charge >= 0.3 is 0 Å². The zero-order valence-electron chi connectivity index (χ0n) is 13.2. The molecule has 0 spiro atoms. The summed E-state index contributed by atoms with van der Waals surface area (Å²) >= 11 is 0. The van der Waals surface area contributed by atoms with Gasteiger partial charge in [0.05, 0.1) is 0 Å². The third kappa shape index (κ3) is 2.86. The third-order valence-corrected chi connectivity index (χ3v) is 5.11. The van der Waals surface area contributed by atoms with Crippen molar-refractivity contribution in [2.75, 3.05) is 6.54 Å². The summed E-state index contributed by atoms with van der Waals surface area (Å²) in [4.78, 5) is 0. The first-order valence-corrected chi connectivity index (χ1v) is 7.77. The second kappa shape index (κ2) is 5.66. The maximum absolute atomic E-state index is 3.69. The molecule has 0 aromatic heterocycles. The van der Waals surface area contributed by atoms with E-state index in [1.54, 1.807) is 5.56 Å². The van der Waals surface area contributed by atoms with Gasteiger partial charge in [-0.3, -0.25) is 0 Å². The van der Waals surface area contributed by atoms with Crippen LogP contribution in [0.3, 0.4) is 0 Å². The Bertz CT molecular complexity index is 435. The molecule has 19 heavy (non-hydrogen) atoms. The Hall–Kier alpha value is -0.820. The zero-order chi connectivity index (χ0) is 14.0. The van der Waals surface area contributed by atoms with Crippen LogP contribution in [0.4, 0.5) is 0 Å². The Balaban J connectivity index is 2.34. The highest BCUT2D eigenvalue weighted by Gasteiger charge is 2.41. The normalized spacial score (nSPS) is 27.2. The third-order valence-electron chi connectivity index (χ3n) is 5.11. The maximum atomic E-state index is 3.69. The van der Waals surface area contributed by atoms with E-state index in [1.165, 1.54) is 30.4 Å². The lowest BCUT2D eigenvalue weighted by Gasteiger charge is -2.36. The van der Waals surface area contributed by atoms with Crippen LogP contribution in [0.1, 0.15) is 56.7 Å². The van der Waals surface area contributed by atoms with Crippen molar-refractivity contribution in [3.63, 3.8) is 0 Å². The van der Waals surface area contributed by atoms with Gasteiger partial charge in [-0.25, -0.2) is 0 Å². The lowest BCUT2D eigenvalue weighted by atomic mass is 9.72. The van der Waals surface area contributed by atoms with Gasteiger partial charge < -0.3 is 5.32 Å². The van der Waals surface area contributed by atoms with Crippen LogP contribution in [0, 0.1) is 19.8 Å². The van der Waals surface area contributed by atoms with Crippen molar-refractivity contribution in [1.82, 2.24) is 5.32 Å². The van der Waals surface area contributed by atoms with Gasteiger partial charge in [-0.1, -0.05) is 45.4 Å². The van der Waals surface area contributed by atoms with Gasteiger partial charge in [0, 0.05) is 18.0 Å². The second-order valence-corrected chi connectivity index (χ2v) is 6.78. The Morgan fingerprint density at radius 3 is 2.53 bits per heavy atom. The van der Waals surface area contributed by atoms with Crippen LogP contribution in [-0.2, 0) is 5.41 Å². The van der Waals surface area contributed by atoms with Crippen molar-refractivity contribution in [1.29, 1.82) is 0 Å². The van der Waals surface area contributed by atoms with E-state index in [4.69, 9.17) is 0 Å². The van der Waals surface area contributed by atoms with Crippen LogP contribution in [0.25, 0.3) is 0 Å². The molecule has 0 radical (unpaired) electrons. The molecule has 1 aliphatic carbocycles. The summed E-state index contributed by atoms with van der Waals surface area (Å²) in [5, 5.41) is 3.69. The van der Waals surface area contributed by atoms with E-state index in [0.29, 0.717) is 11.5 Å². The van der Waals surface area contributed by atoms with E-state index in [0.717, 1.165) is 12.5 Å². The minimum Gasteiger partial charge on any atom is -0.314 e. The van der Waals surface area contributed by atoms with Gasteiger partial charge in [0.25, 0.3) is 0 Å². The standard InChI is InChI=1S/C18H29N/c1-13(2)19-12-18(10-6-7-16(18)5)17-9-8-14(3)15(4)11-17/h8-9,11,13,16,19H,6-7,10,12H2,1-5H3. The number of nitrogens with one attached hydrogen (secondary N) is 1. The minimum atomic E-state index is 0.350. The van der Waals surface area contributed by atoms with Gasteiger partial charge in [0.1, 0.15) is 0 Å². The fraction of sp³-hybridized carbons (Fsp3) is 0.667. The fourth-order valence-electron chi connectivity index (χ4n) is 3.48. The Kier molecular flexibility index (Phi) is 4.35. The summed E-state index contributed by atoms with van der Waals surface area (Å²) in [7, 11) is 0. The molecule has 2 atom stereocenters. The molecule has 1 heteroatoms. The van der Waals surface area contributed by atoms with E-state index in [9.17, 15) is 0 Å². The van der Waals surface area contributed by atoms with Crippen LogP contribution in [0.5, 0.6) is 0 Å². The lowest BCUT2D eigenvalue weighted by Crippen LogP contribution is -2.42.